The molecule has 0 aromatic carbocycles. The average molecular weight is 653 g/mol. The Hall–Kier alpha value is -2.58. The monoisotopic (exact) mass is 652 g/mol. The summed E-state index contributed by atoms with van der Waals surface area (Å²) in [6.07, 6.45) is 0.604. The molecule has 0 rings (SSSR count). The van der Waals surface area contributed by atoms with Gasteiger partial charge in [0.05, 0.1) is 23.2 Å². The van der Waals surface area contributed by atoms with E-state index in [1.807, 2.05) is 69.2 Å². The van der Waals surface area contributed by atoms with E-state index in [1.165, 1.54) is 23.5 Å². The topological polar surface area (TPSA) is 174 Å². The Morgan fingerprint density at radius 1 is 0.568 bits per heavy atom. The minimum Gasteiger partial charge on any atom is -0.465 e. The van der Waals surface area contributed by atoms with Crippen LogP contribution in [0.4, 0.5) is 0 Å². The molecule has 0 N–H and O–H groups in total. The number of hydrogen-bond donors (Lipinski definition) is 0. The summed E-state index contributed by atoms with van der Waals surface area (Å²) in [5, 5.41) is 44.5. The summed E-state index contributed by atoms with van der Waals surface area (Å²) in [5.74, 6) is 0.285. The number of nitrogens with zero attached hydrogens (tertiary/aromatic N) is 8. The van der Waals surface area contributed by atoms with Gasteiger partial charge in [0.15, 0.2) is 11.1 Å². The Bertz CT molecular complexity index is 1030. The molecule has 0 bridgehead atoms. The molecule has 0 aliphatic rings. The Morgan fingerprint density at radius 3 is 1.16 bits per heavy atom. The van der Waals surface area contributed by atoms with Crippen LogP contribution in [0.2, 0.25) is 0 Å². The lowest BCUT2D eigenvalue weighted by molar-refractivity contribution is -0.144. The minimum atomic E-state index is -1.07. The summed E-state index contributed by atoms with van der Waals surface area (Å²) >= 11 is 3.01. The van der Waals surface area contributed by atoms with Crippen molar-refractivity contribution in [2.24, 2.45) is 30.7 Å². The predicted molar refractivity (Wildman–Crippen MR) is 176 cm³/mol. The summed E-state index contributed by atoms with van der Waals surface area (Å²) in [4.78, 5) is 23.3. The number of hydrogen-bond acceptors (Lipinski definition) is 14. The van der Waals surface area contributed by atoms with Crippen LogP contribution in [0.5, 0.6) is 0 Å². The second kappa shape index (κ2) is 17.8. The van der Waals surface area contributed by atoms with Crippen LogP contribution in [-0.4, -0.2) is 68.6 Å². The number of esters is 2. The third kappa shape index (κ3) is 21.2. The molecule has 0 aromatic heterocycles. The molecule has 0 saturated heterocycles. The highest BCUT2D eigenvalue weighted by atomic mass is 32.2. The van der Waals surface area contributed by atoms with E-state index in [0.29, 0.717) is 11.5 Å². The van der Waals surface area contributed by atoms with Crippen LogP contribution in [0.25, 0.3) is 0 Å². The van der Waals surface area contributed by atoms with Gasteiger partial charge in [0.2, 0.25) is 0 Å². The number of ether oxygens (including phenoxy) is 2. The van der Waals surface area contributed by atoms with Crippen LogP contribution in [0, 0.1) is 22.7 Å². The Kier molecular flexibility index (Phi) is 16.7. The second-order valence-electron chi connectivity index (χ2n) is 13.7. The molecular weight excluding hydrogens is 601 g/mol. The molecule has 0 radical (unpaired) electrons. The van der Waals surface area contributed by atoms with Crippen molar-refractivity contribution in [3.05, 3.63) is 0 Å². The summed E-state index contributed by atoms with van der Waals surface area (Å²) in [7, 11) is 0. The van der Waals surface area contributed by atoms with Gasteiger partial charge in [-0.15, -0.1) is 23.5 Å². The first kappa shape index (κ1) is 41.4. The van der Waals surface area contributed by atoms with E-state index in [0.717, 1.165) is 0 Å². The highest BCUT2D eigenvalue weighted by Crippen LogP contribution is 2.32. The number of thioether (sulfide) groups is 2. The van der Waals surface area contributed by atoms with Gasteiger partial charge in [-0.1, -0.05) is 0 Å². The van der Waals surface area contributed by atoms with Crippen molar-refractivity contribution in [3.8, 4) is 12.1 Å². The molecule has 0 heterocycles. The molecule has 0 aliphatic carbocycles. The van der Waals surface area contributed by atoms with Crippen LogP contribution in [0.1, 0.15) is 109 Å². The summed E-state index contributed by atoms with van der Waals surface area (Å²) in [6.45, 7) is 22.8. The van der Waals surface area contributed by atoms with E-state index < -0.39 is 31.9 Å². The lowest BCUT2D eigenvalue weighted by atomic mass is 9.99. The van der Waals surface area contributed by atoms with Crippen LogP contribution in [-0.2, 0) is 19.1 Å². The predicted octanol–water partition coefficient (Wildman–Crippen LogP) is 8.09. The smallest absolute Gasteiger partial charge is 0.305 e. The fourth-order valence-corrected chi connectivity index (χ4v) is 4.33. The van der Waals surface area contributed by atoms with E-state index in [9.17, 15) is 20.1 Å². The van der Waals surface area contributed by atoms with Gasteiger partial charge in [0.1, 0.15) is 23.0 Å². The van der Waals surface area contributed by atoms with Gasteiger partial charge in [-0.05, 0) is 95.9 Å². The molecule has 12 nitrogen and oxygen atoms in total. The molecule has 0 aromatic rings. The zero-order valence-electron chi connectivity index (χ0n) is 28.7. The largest absolute Gasteiger partial charge is 0.465 e. The van der Waals surface area contributed by atoms with Gasteiger partial charge in [-0.25, -0.2) is 0 Å². The zero-order chi connectivity index (χ0) is 34.3. The molecule has 248 valence electrons. The van der Waals surface area contributed by atoms with E-state index in [4.69, 9.17) is 9.47 Å². The van der Waals surface area contributed by atoms with E-state index >= 15 is 0 Å². The standard InChI is InChI=1S/C30H52N8O4S2/c1-25(2,3)33-37-29(11,21-31)15-13-23(39)41-17-19-43-27(7,8)35-36-28(9,10)44-20-18-42-24(40)14-16-30(12,22-32)38-34-26(4,5)6/h13-20H2,1-12H3. The second-order valence-corrected chi connectivity index (χ2v) is 17.1. The van der Waals surface area contributed by atoms with E-state index in [1.54, 1.807) is 13.8 Å². The van der Waals surface area contributed by atoms with Crippen molar-refractivity contribution in [2.75, 3.05) is 24.7 Å². The lowest BCUT2D eigenvalue weighted by Crippen LogP contribution is -2.23. The van der Waals surface area contributed by atoms with Gasteiger partial charge in [-0.2, -0.15) is 41.2 Å². The Balaban J connectivity index is 4.50. The molecule has 2 unspecified atom stereocenters. The van der Waals surface area contributed by atoms with Crippen molar-refractivity contribution in [1.29, 1.82) is 10.5 Å². The normalized spacial score (nSPS) is 16.0. The highest BCUT2D eigenvalue weighted by molar-refractivity contribution is 8.00. The summed E-state index contributed by atoms with van der Waals surface area (Å²) in [6, 6.07) is 4.25. The van der Waals surface area contributed by atoms with Crippen LogP contribution in [0.15, 0.2) is 30.7 Å². The first-order chi connectivity index (χ1) is 19.9. The molecule has 14 heteroatoms. The zero-order valence-corrected chi connectivity index (χ0v) is 30.3. The lowest BCUT2D eigenvalue weighted by Gasteiger charge is -2.22. The quantitative estimate of drug-likeness (QED) is 0.0810. The minimum absolute atomic E-state index is 0.0739. The number of nitriles is 2. The maximum Gasteiger partial charge on any atom is 0.305 e. The highest BCUT2D eigenvalue weighted by Gasteiger charge is 2.28. The molecule has 0 amide bonds. The van der Waals surface area contributed by atoms with Gasteiger partial charge in [0.25, 0.3) is 0 Å². The summed E-state index contributed by atoms with van der Waals surface area (Å²) < 4.78 is 10.7. The van der Waals surface area contributed by atoms with Crippen molar-refractivity contribution in [2.45, 2.75) is 141 Å². The van der Waals surface area contributed by atoms with E-state index in [-0.39, 0.29) is 50.8 Å². The van der Waals surface area contributed by atoms with Gasteiger partial charge in [0, 0.05) is 24.3 Å². The molecule has 44 heavy (non-hydrogen) atoms. The van der Waals surface area contributed by atoms with Crippen molar-refractivity contribution < 1.29 is 19.1 Å². The number of carbonyl (C=O) groups is 2. The first-order valence-electron chi connectivity index (χ1n) is 14.7. The molecule has 0 aliphatic heterocycles. The third-order valence-corrected chi connectivity index (χ3v) is 7.71. The number of rotatable bonds is 18. The molecular formula is C30H52N8O4S2. The van der Waals surface area contributed by atoms with Gasteiger partial charge >= 0.3 is 11.9 Å². The maximum atomic E-state index is 12.2. The molecule has 0 spiro atoms. The summed E-state index contributed by atoms with van der Waals surface area (Å²) in [5.41, 5.74) is -2.94. The fraction of sp³-hybridized carbons (Fsp3) is 0.867. The Labute approximate surface area is 272 Å². The molecule has 0 saturated carbocycles. The van der Waals surface area contributed by atoms with Crippen LogP contribution in [0.3, 0.4) is 0 Å². The van der Waals surface area contributed by atoms with Crippen LogP contribution >= 0.6 is 23.5 Å². The van der Waals surface area contributed by atoms with Gasteiger partial charge < -0.3 is 9.47 Å². The molecule has 2 atom stereocenters. The number of azo groups is 3. The fourth-order valence-electron chi connectivity index (χ4n) is 2.80. The van der Waals surface area contributed by atoms with Gasteiger partial charge in [-0.3, -0.25) is 9.59 Å². The Morgan fingerprint density at radius 2 is 0.886 bits per heavy atom. The first-order valence-corrected chi connectivity index (χ1v) is 16.7. The van der Waals surface area contributed by atoms with Crippen LogP contribution < -0.4 is 0 Å². The average Bonchev–Trinajstić information content (AvgIpc) is 2.91. The van der Waals surface area contributed by atoms with Crippen molar-refractivity contribution in [3.63, 3.8) is 0 Å². The SMILES string of the molecule is CC(C)(C)N=NC(C)(C#N)CCC(=O)OCCSC(C)(C)N=NC(C)(C)SCCOC(=O)CCC(C)(C#N)N=NC(C)(C)C. The van der Waals surface area contributed by atoms with Crippen molar-refractivity contribution >= 4 is 35.5 Å². The maximum absolute atomic E-state index is 12.2. The third-order valence-electron chi connectivity index (χ3n) is 5.39. The number of carbonyl (C=O) groups excluding carboxylic acids is 2. The van der Waals surface area contributed by atoms with E-state index in [2.05, 4.69) is 42.8 Å². The van der Waals surface area contributed by atoms with Crippen molar-refractivity contribution in [1.82, 2.24) is 0 Å². The molecule has 0 fully saturated rings.